The molecule has 1 atom stereocenters. The highest BCUT2D eigenvalue weighted by Crippen LogP contribution is 2.28. The highest BCUT2D eigenvalue weighted by atomic mass is 32.1. The van der Waals surface area contributed by atoms with Crippen molar-refractivity contribution in [3.63, 3.8) is 0 Å². The standard InChI is InChI=1S/C22H28FN3OS/c1-16-24-20(15-28-16)14-25-10-7-18(8-11-25)22(27)26-9-3-6-21(26)13-17-4-2-5-19(23)12-17/h2,4-5,12,15,18,21H,3,6-11,13-14H2,1H3. The number of nitrogens with zero attached hydrogens (tertiary/aromatic N) is 3. The molecule has 0 aliphatic carbocycles. The van der Waals surface area contributed by atoms with Crippen molar-refractivity contribution >= 4 is 17.2 Å². The van der Waals surface area contributed by atoms with E-state index in [4.69, 9.17) is 0 Å². The van der Waals surface area contributed by atoms with Gasteiger partial charge >= 0.3 is 0 Å². The van der Waals surface area contributed by atoms with Crippen LogP contribution in [0.1, 0.15) is 41.9 Å². The Balaban J connectivity index is 1.31. The number of hydrogen-bond acceptors (Lipinski definition) is 4. The molecule has 2 fully saturated rings. The Labute approximate surface area is 170 Å². The van der Waals surface area contributed by atoms with Crippen LogP contribution in [0.15, 0.2) is 29.6 Å². The number of amides is 1. The van der Waals surface area contributed by atoms with Gasteiger partial charge in [-0.15, -0.1) is 11.3 Å². The molecule has 1 unspecified atom stereocenters. The minimum Gasteiger partial charge on any atom is -0.339 e. The van der Waals surface area contributed by atoms with Gasteiger partial charge < -0.3 is 4.90 Å². The number of piperidine rings is 1. The van der Waals surface area contributed by atoms with E-state index in [1.807, 2.05) is 13.0 Å². The fraction of sp³-hybridized carbons (Fsp3) is 0.545. The van der Waals surface area contributed by atoms with Crippen LogP contribution in [0.5, 0.6) is 0 Å². The molecule has 6 heteroatoms. The van der Waals surface area contributed by atoms with E-state index in [1.165, 1.54) is 6.07 Å². The van der Waals surface area contributed by atoms with Crippen molar-refractivity contribution in [3.8, 4) is 0 Å². The summed E-state index contributed by atoms with van der Waals surface area (Å²) in [6.45, 7) is 5.68. The van der Waals surface area contributed by atoms with Gasteiger partial charge in [0.25, 0.3) is 0 Å². The van der Waals surface area contributed by atoms with Gasteiger partial charge in [-0.1, -0.05) is 12.1 Å². The summed E-state index contributed by atoms with van der Waals surface area (Å²) in [7, 11) is 0. The Morgan fingerprint density at radius 3 is 2.79 bits per heavy atom. The van der Waals surface area contributed by atoms with E-state index >= 15 is 0 Å². The topological polar surface area (TPSA) is 36.4 Å². The number of carbonyl (C=O) groups is 1. The number of hydrogen-bond donors (Lipinski definition) is 0. The second kappa shape index (κ2) is 8.70. The van der Waals surface area contributed by atoms with Crippen molar-refractivity contribution in [2.24, 2.45) is 5.92 Å². The zero-order chi connectivity index (χ0) is 19.5. The Morgan fingerprint density at radius 2 is 2.07 bits per heavy atom. The molecule has 3 heterocycles. The number of rotatable bonds is 5. The molecule has 1 aromatic heterocycles. The van der Waals surface area contributed by atoms with Crippen molar-refractivity contribution < 1.29 is 9.18 Å². The Bertz CT molecular complexity index is 816. The summed E-state index contributed by atoms with van der Waals surface area (Å²) < 4.78 is 13.5. The number of halogens is 1. The lowest BCUT2D eigenvalue weighted by Crippen LogP contribution is -2.44. The summed E-state index contributed by atoms with van der Waals surface area (Å²) in [5.41, 5.74) is 2.13. The minimum absolute atomic E-state index is 0.126. The number of carbonyl (C=O) groups excluding carboxylic acids is 1. The molecule has 2 saturated heterocycles. The first-order valence-electron chi connectivity index (χ1n) is 10.3. The van der Waals surface area contributed by atoms with Gasteiger partial charge in [-0.2, -0.15) is 0 Å². The van der Waals surface area contributed by atoms with Crippen LogP contribution in [0, 0.1) is 18.7 Å². The van der Waals surface area contributed by atoms with Gasteiger partial charge in [-0.05, 0) is 69.8 Å². The monoisotopic (exact) mass is 401 g/mol. The maximum Gasteiger partial charge on any atom is 0.226 e. The summed E-state index contributed by atoms with van der Waals surface area (Å²) in [5, 5.41) is 3.24. The second-order valence-corrected chi connectivity index (χ2v) is 9.13. The first kappa shape index (κ1) is 19.5. The van der Waals surface area contributed by atoms with E-state index in [0.717, 1.165) is 74.5 Å². The molecule has 1 aromatic carbocycles. The van der Waals surface area contributed by atoms with Crippen molar-refractivity contribution in [2.75, 3.05) is 19.6 Å². The van der Waals surface area contributed by atoms with Crippen molar-refractivity contribution in [1.82, 2.24) is 14.8 Å². The van der Waals surface area contributed by atoms with Crippen LogP contribution in [0.3, 0.4) is 0 Å². The van der Waals surface area contributed by atoms with Gasteiger partial charge in [-0.3, -0.25) is 9.69 Å². The van der Waals surface area contributed by atoms with Gasteiger partial charge in [0.1, 0.15) is 5.82 Å². The molecule has 4 nitrogen and oxygen atoms in total. The van der Waals surface area contributed by atoms with E-state index in [-0.39, 0.29) is 17.8 Å². The third-order valence-corrected chi connectivity index (χ3v) is 6.83. The largest absolute Gasteiger partial charge is 0.339 e. The lowest BCUT2D eigenvalue weighted by Gasteiger charge is -2.34. The summed E-state index contributed by atoms with van der Waals surface area (Å²) in [6, 6.07) is 7.00. The molecule has 0 radical (unpaired) electrons. The molecule has 28 heavy (non-hydrogen) atoms. The van der Waals surface area contributed by atoms with Crippen molar-refractivity contribution in [3.05, 3.63) is 51.7 Å². The third-order valence-electron chi connectivity index (χ3n) is 6.01. The normalized spacial score (nSPS) is 21.4. The average molecular weight is 402 g/mol. The predicted molar refractivity (Wildman–Crippen MR) is 110 cm³/mol. The number of aromatic nitrogens is 1. The maximum absolute atomic E-state index is 13.5. The zero-order valence-corrected chi connectivity index (χ0v) is 17.3. The summed E-state index contributed by atoms with van der Waals surface area (Å²) in [6.07, 6.45) is 4.67. The van der Waals surface area contributed by atoms with Crippen LogP contribution < -0.4 is 0 Å². The molecule has 150 valence electrons. The first-order chi connectivity index (χ1) is 13.6. The SMILES string of the molecule is Cc1nc(CN2CCC(C(=O)N3CCCC3Cc3cccc(F)c3)CC2)cs1. The highest BCUT2D eigenvalue weighted by Gasteiger charge is 2.34. The molecule has 2 aromatic rings. The lowest BCUT2D eigenvalue weighted by atomic mass is 9.94. The van der Waals surface area contributed by atoms with Crippen LogP contribution >= 0.6 is 11.3 Å². The van der Waals surface area contributed by atoms with E-state index in [0.29, 0.717) is 5.91 Å². The Hall–Kier alpha value is -1.79. The van der Waals surface area contributed by atoms with E-state index in [9.17, 15) is 9.18 Å². The van der Waals surface area contributed by atoms with E-state index < -0.39 is 0 Å². The Morgan fingerprint density at radius 1 is 1.25 bits per heavy atom. The molecule has 0 saturated carbocycles. The van der Waals surface area contributed by atoms with Gasteiger partial charge in [-0.25, -0.2) is 9.37 Å². The molecule has 2 aliphatic heterocycles. The van der Waals surface area contributed by atoms with Crippen LogP contribution in [0.25, 0.3) is 0 Å². The second-order valence-electron chi connectivity index (χ2n) is 8.07. The van der Waals surface area contributed by atoms with Gasteiger partial charge in [0.05, 0.1) is 10.7 Å². The number of thiazole rings is 1. The summed E-state index contributed by atoms with van der Waals surface area (Å²) >= 11 is 1.69. The highest BCUT2D eigenvalue weighted by molar-refractivity contribution is 7.09. The molecule has 0 spiro atoms. The fourth-order valence-electron chi connectivity index (χ4n) is 4.56. The molecule has 0 bridgehead atoms. The van der Waals surface area contributed by atoms with E-state index in [2.05, 4.69) is 20.2 Å². The molecule has 0 N–H and O–H groups in total. The number of likely N-dealkylation sites (tertiary alicyclic amines) is 2. The van der Waals surface area contributed by atoms with Crippen molar-refractivity contribution in [2.45, 2.75) is 51.6 Å². The predicted octanol–water partition coefficient (Wildman–Crippen LogP) is 4.04. The molecular formula is C22H28FN3OS. The summed E-state index contributed by atoms with van der Waals surface area (Å²) in [4.78, 5) is 22.2. The zero-order valence-electron chi connectivity index (χ0n) is 16.4. The van der Waals surface area contributed by atoms with Crippen LogP contribution in [0.2, 0.25) is 0 Å². The van der Waals surface area contributed by atoms with Gasteiger partial charge in [0.2, 0.25) is 5.91 Å². The smallest absolute Gasteiger partial charge is 0.226 e. The molecule has 4 rings (SSSR count). The third kappa shape index (κ3) is 4.61. The summed E-state index contributed by atoms with van der Waals surface area (Å²) in [5.74, 6) is 0.237. The number of aryl methyl sites for hydroxylation is 1. The minimum atomic E-state index is -0.198. The molecule has 2 aliphatic rings. The average Bonchev–Trinajstić information content (AvgIpc) is 3.31. The van der Waals surface area contributed by atoms with Crippen LogP contribution in [-0.2, 0) is 17.8 Å². The van der Waals surface area contributed by atoms with Crippen molar-refractivity contribution in [1.29, 1.82) is 0 Å². The quantitative estimate of drug-likeness (QED) is 0.759. The van der Waals surface area contributed by atoms with Crippen LogP contribution in [-0.4, -0.2) is 46.4 Å². The molecular weight excluding hydrogens is 373 g/mol. The van der Waals surface area contributed by atoms with Crippen LogP contribution in [0.4, 0.5) is 4.39 Å². The maximum atomic E-state index is 13.5. The Kier molecular flexibility index (Phi) is 6.07. The number of benzene rings is 1. The first-order valence-corrected chi connectivity index (χ1v) is 11.1. The van der Waals surface area contributed by atoms with Gasteiger partial charge in [0, 0.05) is 30.4 Å². The lowest BCUT2D eigenvalue weighted by molar-refractivity contribution is -0.138. The fourth-order valence-corrected chi connectivity index (χ4v) is 5.16. The van der Waals surface area contributed by atoms with Gasteiger partial charge in [0.15, 0.2) is 0 Å². The van der Waals surface area contributed by atoms with E-state index in [1.54, 1.807) is 23.5 Å². The molecule has 1 amide bonds.